The van der Waals surface area contributed by atoms with E-state index in [4.69, 9.17) is 15.2 Å². The van der Waals surface area contributed by atoms with Crippen molar-refractivity contribution in [2.75, 3.05) is 6.61 Å². The second-order valence-electron chi connectivity index (χ2n) is 8.69. The maximum atomic E-state index is 15.2. The fraction of sp³-hybridized carbons (Fsp3) is 0.320. The van der Waals surface area contributed by atoms with Crippen molar-refractivity contribution < 1.29 is 23.5 Å². The lowest BCUT2D eigenvalue weighted by atomic mass is 9.98. The number of esters is 1. The second-order valence-corrected chi connectivity index (χ2v) is 9.44. The molecule has 0 saturated heterocycles. The van der Waals surface area contributed by atoms with Crippen molar-refractivity contribution in [2.45, 2.75) is 46.3 Å². The molecule has 3 aromatic rings. The predicted molar refractivity (Wildman–Crippen MR) is 130 cm³/mol. The molecule has 0 atom stereocenters. The molecule has 1 aromatic heterocycles. The van der Waals surface area contributed by atoms with Crippen LogP contribution in [0.4, 0.5) is 4.39 Å². The second kappa shape index (κ2) is 10.4. The Hall–Kier alpha value is -3.20. The minimum absolute atomic E-state index is 0.0181. The molecule has 2 N–H and O–H groups in total. The summed E-state index contributed by atoms with van der Waals surface area (Å²) in [5, 5.41) is 0. The Bertz CT molecular complexity index is 1220. The van der Waals surface area contributed by atoms with E-state index < -0.39 is 23.3 Å². The normalized spacial score (nSPS) is 11.4. The molecule has 0 aliphatic heterocycles. The van der Waals surface area contributed by atoms with Gasteiger partial charge in [0.05, 0.1) is 18.7 Å². The summed E-state index contributed by atoms with van der Waals surface area (Å²) in [4.78, 5) is 28.9. The summed E-state index contributed by atoms with van der Waals surface area (Å²) >= 11 is 3.23. The van der Waals surface area contributed by atoms with Gasteiger partial charge in [-0.1, -0.05) is 37.3 Å². The zero-order valence-corrected chi connectivity index (χ0v) is 21.1. The highest BCUT2D eigenvalue weighted by Crippen LogP contribution is 2.29. The van der Waals surface area contributed by atoms with Gasteiger partial charge in [0.1, 0.15) is 21.7 Å². The van der Waals surface area contributed by atoms with Gasteiger partial charge in [0.25, 0.3) is 11.9 Å². The molecule has 0 spiro atoms. The number of aromatic nitrogens is 2. The number of nitrogens with two attached hydrogens (primary N) is 1. The lowest BCUT2D eigenvalue weighted by Gasteiger charge is -2.20. The summed E-state index contributed by atoms with van der Waals surface area (Å²) in [6.07, 6.45) is 0.733. The molecule has 0 saturated carbocycles. The third kappa shape index (κ3) is 5.83. The highest BCUT2D eigenvalue weighted by atomic mass is 79.9. The quantitative estimate of drug-likeness (QED) is 0.395. The van der Waals surface area contributed by atoms with Crippen LogP contribution in [-0.4, -0.2) is 33.6 Å². The minimum atomic E-state index is -0.714. The fourth-order valence-corrected chi connectivity index (χ4v) is 3.91. The van der Waals surface area contributed by atoms with Crippen molar-refractivity contribution in [2.24, 2.45) is 5.73 Å². The number of carbonyl (C=O) groups excluding carboxylic acids is 2. The topological polar surface area (TPSA) is 96.4 Å². The van der Waals surface area contributed by atoms with Crippen molar-refractivity contribution >= 4 is 27.8 Å². The molecule has 0 aliphatic rings. The van der Waals surface area contributed by atoms with Crippen molar-refractivity contribution in [3.8, 4) is 17.1 Å². The zero-order chi connectivity index (χ0) is 25.0. The number of nitrogens with zero attached hydrogens (tertiary/aromatic N) is 2. The van der Waals surface area contributed by atoms with Crippen molar-refractivity contribution in [3.05, 3.63) is 69.7 Å². The number of hydrogen-bond donors (Lipinski definition) is 1. The average Bonchev–Trinajstić information content (AvgIpc) is 3.07. The van der Waals surface area contributed by atoms with E-state index in [2.05, 4.69) is 20.9 Å². The Morgan fingerprint density at radius 1 is 1.18 bits per heavy atom. The first kappa shape index (κ1) is 25.4. The number of imidazole rings is 1. The SMILES string of the molecule is CCCOc1nc(Br)c(C(N)=O)n1Cc1ccc(-c2ccccc2C(=O)OC(C)(C)C)cc1F. The summed E-state index contributed by atoms with van der Waals surface area (Å²) < 4.78 is 28.0. The molecule has 2 aromatic carbocycles. The maximum absolute atomic E-state index is 15.2. The van der Waals surface area contributed by atoms with Crippen LogP contribution in [0.1, 0.15) is 60.5 Å². The number of rotatable bonds is 8. The molecule has 7 nitrogen and oxygen atoms in total. The number of amides is 1. The Kier molecular flexibility index (Phi) is 7.76. The van der Waals surface area contributed by atoms with Crippen LogP contribution in [0.3, 0.4) is 0 Å². The van der Waals surface area contributed by atoms with Gasteiger partial charge in [-0.2, -0.15) is 4.98 Å². The summed E-state index contributed by atoms with van der Waals surface area (Å²) in [5.74, 6) is -1.72. The number of halogens is 2. The maximum Gasteiger partial charge on any atom is 0.339 e. The molecule has 34 heavy (non-hydrogen) atoms. The van der Waals surface area contributed by atoms with Crippen molar-refractivity contribution in [1.29, 1.82) is 0 Å². The van der Waals surface area contributed by atoms with Gasteiger partial charge in [-0.3, -0.25) is 9.36 Å². The number of primary amides is 1. The lowest BCUT2D eigenvalue weighted by molar-refractivity contribution is 0.00703. The van der Waals surface area contributed by atoms with E-state index in [0.717, 1.165) is 6.42 Å². The molecule has 0 fully saturated rings. The van der Waals surface area contributed by atoms with Crippen LogP contribution < -0.4 is 10.5 Å². The molecule has 0 aliphatic carbocycles. The first-order valence-corrected chi connectivity index (χ1v) is 11.6. The van der Waals surface area contributed by atoms with Crippen molar-refractivity contribution in [1.82, 2.24) is 9.55 Å². The summed E-state index contributed by atoms with van der Waals surface area (Å²) in [6, 6.07) is 11.7. The highest BCUT2D eigenvalue weighted by molar-refractivity contribution is 9.10. The zero-order valence-electron chi connectivity index (χ0n) is 19.5. The molecule has 0 bridgehead atoms. The van der Waals surface area contributed by atoms with E-state index in [-0.39, 0.29) is 22.9 Å². The van der Waals surface area contributed by atoms with E-state index in [1.165, 1.54) is 10.6 Å². The van der Waals surface area contributed by atoms with Crippen LogP contribution in [0, 0.1) is 5.82 Å². The molecule has 9 heteroatoms. The largest absolute Gasteiger partial charge is 0.465 e. The van der Waals surface area contributed by atoms with Crippen LogP contribution in [0.25, 0.3) is 11.1 Å². The smallest absolute Gasteiger partial charge is 0.339 e. The summed E-state index contributed by atoms with van der Waals surface area (Å²) in [7, 11) is 0. The van der Waals surface area contributed by atoms with E-state index in [1.54, 1.807) is 57.2 Å². The number of hydrogen-bond acceptors (Lipinski definition) is 5. The molecule has 0 radical (unpaired) electrons. The van der Waals surface area contributed by atoms with Crippen LogP contribution in [0.2, 0.25) is 0 Å². The third-order valence-corrected chi connectivity index (χ3v) is 5.35. The van der Waals surface area contributed by atoms with Gasteiger partial charge in [0, 0.05) is 5.56 Å². The van der Waals surface area contributed by atoms with E-state index >= 15 is 4.39 Å². The molecule has 3 rings (SSSR count). The summed E-state index contributed by atoms with van der Waals surface area (Å²) in [5.41, 5.74) is 6.66. The monoisotopic (exact) mass is 531 g/mol. The van der Waals surface area contributed by atoms with Crippen LogP contribution in [-0.2, 0) is 11.3 Å². The van der Waals surface area contributed by atoms with Gasteiger partial charge in [-0.15, -0.1) is 0 Å². The van der Waals surface area contributed by atoms with Crippen LogP contribution >= 0.6 is 15.9 Å². The Morgan fingerprint density at radius 2 is 1.88 bits per heavy atom. The molecule has 180 valence electrons. The summed E-state index contributed by atoms with van der Waals surface area (Å²) in [6.45, 7) is 7.66. The molecular formula is C25H27BrFN3O4. The standard InChI is InChI=1S/C25H27BrFN3O4/c1-5-12-33-24-29-21(26)20(22(28)31)30(24)14-16-11-10-15(13-19(16)27)17-8-6-7-9-18(17)23(32)34-25(2,3)4/h6-11,13H,5,12,14H2,1-4H3,(H2,28,31). The van der Waals surface area contributed by atoms with Crippen LogP contribution in [0.5, 0.6) is 6.01 Å². The molecule has 1 heterocycles. The number of ether oxygens (including phenoxy) is 2. The van der Waals surface area contributed by atoms with Gasteiger partial charge < -0.3 is 15.2 Å². The van der Waals surface area contributed by atoms with E-state index in [1.807, 2.05) is 6.92 Å². The molecular weight excluding hydrogens is 505 g/mol. The van der Waals surface area contributed by atoms with Gasteiger partial charge in [0.15, 0.2) is 0 Å². The highest BCUT2D eigenvalue weighted by Gasteiger charge is 2.23. The minimum Gasteiger partial charge on any atom is -0.465 e. The molecule has 0 unspecified atom stereocenters. The Balaban J connectivity index is 1.97. The van der Waals surface area contributed by atoms with Crippen molar-refractivity contribution in [3.63, 3.8) is 0 Å². The first-order valence-electron chi connectivity index (χ1n) is 10.8. The Labute approximate surface area is 206 Å². The van der Waals surface area contributed by atoms with Gasteiger partial charge in [-0.25, -0.2) is 9.18 Å². The van der Waals surface area contributed by atoms with E-state index in [9.17, 15) is 9.59 Å². The third-order valence-electron chi connectivity index (χ3n) is 4.80. The predicted octanol–water partition coefficient (Wildman–Crippen LogP) is 5.34. The number of benzene rings is 2. The average molecular weight is 532 g/mol. The van der Waals surface area contributed by atoms with Gasteiger partial charge in [0.2, 0.25) is 0 Å². The lowest BCUT2D eigenvalue weighted by Crippen LogP contribution is -2.24. The number of carbonyl (C=O) groups is 2. The van der Waals surface area contributed by atoms with Crippen LogP contribution in [0.15, 0.2) is 47.1 Å². The first-order chi connectivity index (χ1) is 16.0. The van der Waals surface area contributed by atoms with E-state index in [0.29, 0.717) is 28.9 Å². The Morgan fingerprint density at radius 3 is 2.50 bits per heavy atom. The fourth-order valence-electron chi connectivity index (χ4n) is 3.35. The van der Waals surface area contributed by atoms with Gasteiger partial charge >= 0.3 is 5.97 Å². The van der Waals surface area contributed by atoms with Gasteiger partial charge in [-0.05, 0) is 66.4 Å². The molecule has 1 amide bonds.